The van der Waals surface area contributed by atoms with Crippen molar-refractivity contribution in [1.29, 1.82) is 0 Å². The van der Waals surface area contributed by atoms with Crippen molar-refractivity contribution in [3.05, 3.63) is 56.5 Å². The van der Waals surface area contributed by atoms with Crippen LogP contribution in [0, 0.1) is 10.1 Å². The number of nitrogens with zero attached hydrogens (tertiary/aromatic N) is 3. The van der Waals surface area contributed by atoms with Crippen LogP contribution in [-0.2, 0) is 4.74 Å². The van der Waals surface area contributed by atoms with Gasteiger partial charge in [0, 0.05) is 37.0 Å². The fraction of sp³-hybridized carbons (Fsp3) is 0.235. The third-order valence-corrected chi connectivity index (χ3v) is 4.47. The summed E-state index contributed by atoms with van der Waals surface area (Å²) in [7, 11) is 0. The molecule has 0 aromatic heterocycles. The number of para-hydroxylation sites is 2. The summed E-state index contributed by atoms with van der Waals surface area (Å²) in [6.07, 6.45) is 1.44. The third-order valence-electron chi connectivity index (χ3n) is 3.86. The van der Waals surface area contributed by atoms with Gasteiger partial charge in [0.05, 0.1) is 34.0 Å². The van der Waals surface area contributed by atoms with Crippen LogP contribution in [0.25, 0.3) is 0 Å². The number of anilines is 1. The van der Waals surface area contributed by atoms with Crippen molar-refractivity contribution in [2.75, 3.05) is 31.2 Å². The first-order valence-electron chi connectivity index (χ1n) is 7.69. The molecule has 130 valence electrons. The zero-order valence-corrected chi connectivity index (χ0v) is 14.8. The van der Waals surface area contributed by atoms with Gasteiger partial charge >= 0.3 is 0 Å². The van der Waals surface area contributed by atoms with E-state index in [2.05, 4.69) is 25.8 Å². The van der Waals surface area contributed by atoms with Crippen molar-refractivity contribution in [3.63, 3.8) is 0 Å². The molecule has 0 saturated carbocycles. The molecular weight excluding hydrogens is 390 g/mol. The number of morpholine rings is 1. The predicted octanol–water partition coefficient (Wildman–Crippen LogP) is 3.65. The lowest BCUT2D eigenvalue weighted by Gasteiger charge is -2.29. The van der Waals surface area contributed by atoms with E-state index in [1.165, 1.54) is 18.3 Å². The molecule has 0 unspecified atom stereocenters. The molecule has 1 aliphatic rings. The highest BCUT2D eigenvalue weighted by atomic mass is 79.9. The molecule has 0 atom stereocenters. The van der Waals surface area contributed by atoms with Gasteiger partial charge < -0.3 is 14.7 Å². The van der Waals surface area contributed by atoms with Gasteiger partial charge in [-0.1, -0.05) is 12.1 Å². The largest absolute Gasteiger partial charge is 0.506 e. The first-order chi connectivity index (χ1) is 12.1. The van der Waals surface area contributed by atoms with Crippen LogP contribution in [0.5, 0.6) is 5.75 Å². The number of rotatable bonds is 4. The van der Waals surface area contributed by atoms with Crippen molar-refractivity contribution in [2.24, 2.45) is 4.99 Å². The van der Waals surface area contributed by atoms with Gasteiger partial charge in [0.15, 0.2) is 0 Å². The summed E-state index contributed by atoms with van der Waals surface area (Å²) in [5.74, 6) is -0.0850. The van der Waals surface area contributed by atoms with Crippen molar-refractivity contribution in [3.8, 4) is 5.75 Å². The maximum Gasteiger partial charge on any atom is 0.271 e. The van der Waals surface area contributed by atoms with E-state index in [-0.39, 0.29) is 21.5 Å². The van der Waals surface area contributed by atoms with Crippen LogP contribution < -0.4 is 4.90 Å². The van der Waals surface area contributed by atoms with Crippen LogP contribution in [-0.4, -0.2) is 42.5 Å². The Hall–Kier alpha value is -2.45. The molecule has 0 bridgehead atoms. The minimum absolute atomic E-state index is 0.0850. The predicted molar refractivity (Wildman–Crippen MR) is 99.2 cm³/mol. The summed E-state index contributed by atoms with van der Waals surface area (Å²) < 4.78 is 5.63. The van der Waals surface area contributed by atoms with Crippen molar-refractivity contribution < 1.29 is 14.8 Å². The zero-order chi connectivity index (χ0) is 17.8. The first-order valence-corrected chi connectivity index (χ1v) is 8.48. The number of non-ortho nitro benzene ring substituents is 1. The normalized spacial score (nSPS) is 14.8. The molecule has 3 rings (SSSR count). The molecule has 1 N–H and O–H groups in total. The number of benzene rings is 2. The number of nitro groups is 1. The number of phenolic OH excluding ortho intramolecular Hbond substituents is 1. The number of aromatic hydroxyl groups is 1. The zero-order valence-electron chi connectivity index (χ0n) is 13.3. The number of ether oxygens (including phenoxy) is 1. The Balaban J connectivity index is 1.94. The molecule has 0 amide bonds. The van der Waals surface area contributed by atoms with Gasteiger partial charge in [-0.05, 0) is 28.1 Å². The van der Waals surface area contributed by atoms with Crippen LogP contribution in [0.3, 0.4) is 0 Å². The fourth-order valence-corrected chi connectivity index (χ4v) is 3.06. The number of nitro benzene ring substituents is 1. The van der Waals surface area contributed by atoms with Gasteiger partial charge in [-0.2, -0.15) is 0 Å². The van der Waals surface area contributed by atoms with Gasteiger partial charge in [0.1, 0.15) is 5.75 Å². The summed E-state index contributed by atoms with van der Waals surface area (Å²) in [5, 5.41) is 21.1. The smallest absolute Gasteiger partial charge is 0.271 e. The molecule has 1 heterocycles. The molecule has 0 spiro atoms. The average Bonchev–Trinajstić information content (AvgIpc) is 2.63. The van der Waals surface area contributed by atoms with Gasteiger partial charge in [-0.25, -0.2) is 0 Å². The van der Waals surface area contributed by atoms with E-state index in [0.29, 0.717) is 13.2 Å². The molecule has 2 aromatic carbocycles. The van der Waals surface area contributed by atoms with E-state index in [1.807, 2.05) is 24.3 Å². The Kier molecular flexibility index (Phi) is 5.30. The lowest BCUT2D eigenvalue weighted by molar-refractivity contribution is -0.385. The second-order valence-electron chi connectivity index (χ2n) is 5.47. The molecule has 1 fully saturated rings. The van der Waals surface area contributed by atoms with Gasteiger partial charge in [0.2, 0.25) is 0 Å². The number of aliphatic imine (C=N–C) groups is 1. The van der Waals surface area contributed by atoms with Crippen LogP contribution in [0.15, 0.2) is 45.9 Å². The summed E-state index contributed by atoms with van der Waals surface area (Å²) in [6, 6.07) is 10.2. The summed E-state index contributed by atoms with van der Waals surface area (Å²) in [4.78, 5) is 17.1. The van der Waals surface area contributed by atoms with E-state index < -0.39 is 4.92 Å². The Morgan fingerprint density at radius 3 is 2.72 bits per heavy atom. The first kappa shape index (κ1) is 17.4. The third kappa shape index (κ3) is 3.97. The Morgan fingerprint density at radius 1 is 1.28 bits per heavy atom. The van der Waals surface area contributed by atoms with Gasteiger partial charge in [0.25, 0.3) is 5.69 Å². The highest BCUT2D eigenvalue weighted by Gasteiger charge is 2.15. The molecule has 1 saturated heterocycles. The quantitative estimate of drug-likeness (QED) is 0.476. The molecule has 0 aliphatic carbocycles. The van der Waals surface area contributed by atoms with E-state index in [4.69, 9.17) is 4.74 Å². The van der Waals surface area contributed by atoms with Crippen LogP contribution >= 0.6 is 15.9 Å². The Bertz CT molecular complexity index is 820. The number of phenols is 1. The van der Waals surface area contributed by atoms with Gasteiger partial charge in [-0.15, -0.1) is 0 Å². The molecule has 8 heteroatoms. The second kappa shape index (κ2) is 7.62. The van der Waals surface area contributed by atoms with E-state index in [0.717, 1.165) is 24.5 Å². The van der Waals surface area contributed by atoms with E-state index in [9.17, 15) is 15.2 Å². The highest BCUT2D eigenvalue weighted by molar-refractivity contribution is 9.10. The number of hydrogen-bond acceptors (Lipinski definition) is 6. The second-order valence-corrected chi connectivity index (χ2v) is 6.32. The summed E-state index contributed by atoms with van der Waals surface area (Å²) >= 11 is 3.13. The molecule has 2 aromatic rings. The molecule has 0 radical (unpaired) electrons. The maximum absolute atomic E-state index is 11.0. The minimum atomic E-state index is -0.511. The minimum Gasteiger partial charge on any atom is -0.506 e. The standard InChI is InChI=1S/C17H16BrN3O4/c18-14-10-13(21(23)24)9-12(17(14)22)11-19-15-3-1-2-4-16(15)20-5-7-25-8-6-20/h1-4,9-11,22H,5-8H2. The lowest BCUT2D eigenvalue weighted by atomic mass is 10.2. The summed E-state index contributed by atoms with van der Waals surface area (Å²) in [5.41, 5.74) is 1.85. The summed E-state index contributed by atoms with van der Waals surface area (Å²) in [6.45, 7) is 2.88. The monoisotopic (exact) mass is 405 g/mol. The van der Waals surface area contributed by atoms with Crippen LogP contribution in [0.1, 0.15) is 5.56 Å². The Labute approximate surface area is 152 Å². The van der Waals surface area contributed by atoms with E-state index >= 15 is 0 Å². The average molecular weight is 406 g/mol. The highest BCUT2D eigenvalue weighted by Crippen LogP contribution is 2.33. The SMILES string of the molecule is O=[N+]([O-])c1cc(Br)c(O)c(C=Nc2ccccc2N2CCOCC2)c1. The molecule has 1 aliphatic heterocycles. The lowest BCUT2D eigenvalue weighted by Crippen LogP contribution is -2.36. The van der Waals surface area contributed by atoms with Crippen molar-refractivity contribution in [2.45, 2.75) is 0 Å². The maximum atomic E-state index is 11.0. The van der Waals surface area contributed by atoms with Crippen LogP contribution in [0.4, 0.5) is 17.1 Å². The van der Waals surface area contributed by atoms with Crippen molar-refractivity contribution >= 4 is 39.2 Å². The number of halogens is 1. The molecule has 25 heavy (non-hydrogen) atoms. The topological polar surface area (TPSA) is 88.2 Å². The Morgan fingerprint density at radius 2 is 2.00 bits per heavy atom. The molecule has 7 nitrogen and oxygen atoms in total. The molecular formula is C17H16BrN3O4. The number of hydrogen-bond donors (Lipinski definition) is 1. The van der Waals surface area contributed by atoms with Crippen LogP contribution in [0.2, 0.25) is 0 Å². The van der Waals surface area contributed by atoms with Crippen molar-refractivity contribution in [1.82, 2.24) is 0 Å². The van der Waals surface area contributed by atoms with E-state index in [1.54, 1.807) is 0 Å². The van der Waals surface area contributed by atoms with Gasteiger partial charge in [-0.3, -0.25) is 15.1 Å². The fourth-order valence-electron chi connectivity index (χ4n) is 2.59.